The predicted octanol–water partition coefficient (Wildman–Crippen LogP) is 5.51. The maximum Gasteiger partial charge on any atom is 0.136 e. The number of hydrogen-bond donors (Lipinski definition) is 0. The zero-order valence-electron chi connectivity index (χ0n) is 17.8. The molecular formula is C24H37N3O. The molecule has 28 heavy (non-hydrogen) atoms. The number of rotatable bonds is 11. The maximum atomic E-state index is 6.20. The molecule has 0 bridgehead atoms. The van der Waals surface area contributed by atoms with Gasteiger partial charge in [-0.15, -0.1) is 0 Å². The van der Waals surface area contributed by atoms with Gasteiger partial charge in [0.15, 0.2) is 0 Å². The first-order chi connectivity index (χ1) is 13.8. The summed E-state index contributed by atoms with van der Waals surface area (Å²) < 4.78 is 6.20. The highest BCUT2D eigenvalue weighted by Gasteiger charge is 2.13. The molecule has 0 amide bonds. The van der Waals surface area contributed by atoms with Crippen molar-refractivity contribution < 1.29 is 4.74 Å². The molecule has 3 rings (SSSR count). The lowest BCUT2D eigenvalue weighted by Crippen LogP contribution is -2.30. The molecule has 0 unspecified atom stereocenters. The van der Waals surface area contributed by atoms with Crippen LogP contribution in [0.2, 0.25) is 0 Å². The second-order valence-electron chi connectivity index (χ2n) is 7.93. The third kappa shape index (κ3) is 5.60. The Morgan fingerprint density at radius 3 is 2.50 bits per heavy atom. The number of hydrogen-bond acceptors (Lipinski definition) is 4. The second-order valence-corrected chi connectivity index (χ2v) is 7.93. The topological polar surface area (TPSA) is 28.6 Å². The van der Waals surface area contributed by atoms with Crippen LogP contribution in [0.15, 0.2) is 30.5 Å². The van der Waals surface area contributed by atoms with Gasteiger partial charge in [0.05, 0.1) is 6.61 Å². The van der Waals surface area contributed by atoms with Crippen LogP contribution < -0.4 is 9.64 Å². The van der Waals surface area contributed by atoms with E-state index in [9.17, 15) is 0 Å². The van der Waals surface area contributed by atoms with Crippen molar-refractivity contribution in [1.82, 2.24) is 9.88 Å². The zero-order chi connectivity index (χ0) is 19.6. The van der Waals surface area contributed by atoms with Crippen LogP contribution >= 0.6 is 0 Å². The minimum atomic E-state index is 0.790. The first kappa shape index (κ1) is 20.9. The van der Waals surface area contributed by atoms with Crippen molar-refractivity contribution in [3.63, 3.8) is 0 Å². The van der Waals surface area contributed by atoms with E-state index in [1.54, 1.807) is 0 Å². The molecule has 1 aliphatic heterocycles. The molecule has 0 saturated carbocycles. The molecule has 1 aromatic carbocycles. The van der Waals surface area contributed by atoms with Gasteiger partial charge in [-0.2, -0.15) is 0 Å². The molecule has 1 fully saturated rings. The zero-order valence-corrected chi connectivity index (χ0v) is 17.8. The fourth-order valence-electron chi connectivity index (χ4n) is 4.21. The van der Waals surface area contributed by atoms with Crippen molar-refractivity contribution in [2.45, 2.75) is 58.8 Å². The Morgan fingerprint density at radius 1 is 0.964 bits per heavy atom. The van der Waals surface area contributed by atoms with Crippen LogP contribution in [0, 0.1) is 0 Å². The van der Waals surface area contributed by atoms with Crippen molar-refractivity contribution in [1.29, 1.82) is 0 Å². The highest BCUT2D eigenvalue weighted by molar-refractivity contribution is 5.96. The predicted molar refractivity (Wildman–Crippen MR) is 120 cm³/mol. The van der Waals surface area contributed by atoms with Gasteiger partial charge in [-0.05, 0) is 70.3 Å². The van der Waals surface area contributed by atoms with Gasteiger partial charge in [0.2, 0.25) is 0 Å². The number of likely N-dealkylation sites (tertiary alicyclic amines) is 1. The molecule has 1 aromatic heterocycles. The first-order valence-electron chi connectivity index (χ1n) is 11.3. The van der Waals surface area contributed by atoms with E-state index in [2.05, 4.69) is 47.9 Å². The van der Waals surface area contributed by atoms with Gasteiger partial charge in [-0.25, -0.2) is 4.98 Å². The Labute approximate surface area is 170 Å². The standard InChI is InChI=1S/C24H37N3O/c1-3-15-27(16-4-2)24-22-11-10-12-23(21(22)13-14-25-24)28-20-9-8-19-26-17-6-5-7-18-26/h10-14H,3-9,15-20H2,1-2H3. The van der Waals surface area contributed by atoms with Crippen molar-refractivity contribution >= 4 is 16.6 Å². The molecule has 0 spiro atoms. The normalized spacial score (nSPS) is 15.1. The monoisotopic (exact) mass is 383 g/mol. The van der Waals surface area contributed by atoms with Crippen LogP contribution in [0.5, 0.6) is 5.75 Å². The van der Waals surface area contributed by atoms with Crippen LogP contribution in [-0.2, 0) is 0 Å². The number of fused-ring (bicyclic) bond motifs is 1. The molecule has 2 heterocycles. The third-order valence-corrected chi connectivity index (χ3v) is 5.61. The smallest absolute Gasteiger partial charge is 0.136 e. The minimum Gasteiger partial charge on any atom is -0.493 e. The van der Waals surface area contributed by atoms with Crippen LogP contribution in [0.4, 0.5) is 5.82 Å². The van der Waals surface area contributed by atoms with E-state index in [1.807, 2.05) is 6.20 Å². The molecule has 0 aliphatic carbocycles. The van der Waals surface area contributed by atoms with Gasteiger partial charge in [0, 0.05) is 30.1 Å². The maximum absolute atomic E-state index is 6.20. The highest BCUT2D eigenvalue weighted by Crippen LogP contribution is 2.31. The van der Waals surface area contributed by atoms with E-state index >= 15 is 0 Å². The fourth-order valence-corrected chi connectivity index (χ4v) is 4.21. The number of piperidine rings is 1. The summed E-state index contributed by atoms with van der Waals surface area (Å²) in [6, 6.07) is 8.48. The summed E-state index contributed by atoms with van der Waals surface area (Å²) in [4.78, 5) is 9.73. The second kappa shape index (κ2) is 11.3. The van der Waals surface area contributed by atoms with Crippen LogP contribution in [-0.4, -0.2) is 49.2 Å². The Hall–Kier alpha value is -1.81. The lowest BCUT2D eigenvalue weighted by atomic mass is 10.1. The minimum absolute atomic E-state index is 0.790. The van der Waals surface area contributed by atoms with E-state index in [0.717, 1.165) is 50.5 Å². The van der Waals surface area contributed by atoms with Gasteiger partial charge >= 0.3 is 0 Å². The van der Waals surface area contributed by atoms with Gasteiger partial charge < -0.3 is 14.5 Å². The summed E-state index contributed by atoms with van der Waals surface area (Å²) in [5, 5.41) is 2.39. The molecule has 1 saturated heterocycles. The van der Waals surface area contributed by atoms with Crippen molar-refractivity contribution in [3.8, 4) is 5.75 Å². The van der Waals surface area contributed by atoms with Gasteiger partial charge in [-0.3, -0.25) is 0 Å². The summed E-state index contributed by atoms with van der Waals surface area (Å²) in [6.07, 6.45) is 10.7. The Kier molecular flexibility index (Phi) is 8.41. The lowest BCUT2D eigenvalue weighted by molar-refractivity contribution is 0.216. The number of nitrogens with zero attached hydrogens (tertiary/aromatic N) is 3. The van der Waals surface area contributed by atoms with E-state index < -0.39 is 0 Å². The fraction of sp³-hybridized carbons (Fsp3) is 0.625. The molecule has 4 nitrogen and oxygen atoms in total. The van der Waals surface area contributed by atoms with E-state index in [-0.39, 0.29) is 0 Å². The largest absolute Gasteiger partial charge is 0.493 e. The van der Waals surface area contributed by atoms with Crippen molar-refractivity contribution in [2.75, 3.05) is 44.2 Å². The Morgan fingerprint density at radius 2 is 1.75 bits per heavy atom. The summed E-state index contributed by atoms with van der Waals surface area (Å²) in [5.41, 5.74) is 0. The SMILES string of the molecule is CCCN(CCC)c1nccc2c(OCCCCN3CCCCC3)cccc12. The van der Waals surface area contributed by atoms with E-state index in [1.165, 1.54) is 56.1 Å². The van der Waals surface area contributed by atoms with Crippen molar-refractivity contribution in [3.05, 3.63) is 30.5 Å². The molecule has 0 atom stereocenters. The van der Waals surface area contributed by atoms with Gasteiger partial charge in [0.25, 0.3) is 0 Å². The Bertz CT molecular complexity index is 706. The summed E-state index contributed by atoms with van der Waals surface area (Å²) in [7, 11) is 0. The molecule has 1 aliphatic rings. The van der Waals surface area contributed by atoms with Crippen LogP contribution in [0.25, 0.3) is 10.8 Å². The number of aromatic nitrogens is 1. The molecule has 0 radical (unpaired) electrons. The summed E-state index contributed by atoms with van der Waals surface area (Å²) >= 11 is 0. The highest BCUT2D eigenvalue weighted by atomic mass is 16.5. The molecule has 154 valence electrons. The first-order valence-corrected chi connectivity index (χ1v) is 11.3. The van der Waals surface area contributed by atoms with Crippen LogP contribution in [0.1, 0.15) is 58.8 Å². The molecule has 2 aromatic rings. The number of ether oxygens (including phenoxy) is 1. The van der Waals surface area contributed by atoms with E-state index in [4.69, 9.17) is 9.72 Å². The summed E-state index contributed by atoms with van der Waals surface area (Å²) in [5.74, 6) is 2.09. The number of pyridine rings is 1. The summed E-state index contributed by atoms with van der Waals surface area (Å²) in [6.45, 7) is 11.1. The average molecular weight is 384 g/mol. The molecular weight excluding hydrogens is 346 g/mol. The van der Waals surface area contributed by atoms with Crippen molar-refractivity contribution in [2.24, 2.45) is 0 Å². The quantitative estimate of drug-likeness (QED) is 0.479. The molecule has 4 heteroatoms. The Balaban J connectivity index is 1.61. The average Bonchev–Trinajstić information content (AvgIpc) is 2.74. The van der Waals surface area contributed by atoms with Gasteiger partial charge in [-0.1, -0.05) is 32.4 Å². The third-order valence-electron chi connectivity index (χ3n) is 5.61. The number of anilines is 1. The van der Waals surface area contributed by atoms with Gasteiger partial charge in [0.1, 0.15) is 11.6 Å². The molecule has 0 N–H and O–H groups in total. The lowest BCUT2D eigenvalue weighted by Gasteiger charge is -2.26. The van der Waals surface area contributed by atoms with Crippen LogP contribution in [0.3, 0.4) is 0 Å². The van der Waals surface area contributed by atoms with E-state index in [0.29, 0.717) is 0 Å². The number of unbranched alkanes of at least 4 members (excludes halogenated alkanes) is 1. The number of benzene rings is 1.